The molecule has 0 aliphatic heterocycles. The zero-order valence-electron chi connectivity index (χ0n) is 21.3. The van der Waals surface area contributed by atoms with Gasteiger partial charge in [-0.15, -0.1) is 0 Å². The molecule has 0 spiro atoms. The third kappa shape index (κ3) is 3.41. The highest BCUT2D eigenvalue weighted by Crippen LogP contribution is 2.47. The molecule has 7 aromatic carbocycles. The van der Waals surface area contributed by atoms with E-state index >= 15 is 0 Å². The topological polar surface area (TPSA) is 13.1 Å². The summed E-state index contributed by atoms with van der Waals surface area (Å²) in [6.45, 7) is 0. The maximum Gasteiger partial charge on any atom is 0.136 e. The Morgan fingerprint density at radius 3 is 1.41 bits per heavy atom. The lowest BCUT2D eigenvalue weighted by atomic mass is 9.83. The Morgan fingerprint density at radius 1 is 0.308 bits per heavy atom. The number of hydrogen-bond acceptors (Lipinski definition) is 1. The second kappa shape index (κ2) is 8.72. The van der Waals surface area contributed by atoms with Gasteiger partial charge in [-0.2, -0.15) is 0 Å². The number of benzene rings is 7. The number of para-hydroxylation sites is 1. The van der Waals surface area contributed by atoms with Gasteiger partial charge in [0.1, 0.15) is 11.2 Å². The van der Waals surface area contributed by atoms with E-state index in [9.17, 15) is 0 Å². The highest BCUT2D eigenvalue weighted by atomic mass is 16.3. The highest BCUT2D eigenvalue weighted by Gasteiger charge is 2.20. The molecule has 1 heterocycles. The fourth-order valence-corrected chi connectivity index (χ4v) is 6.17. The van der Waals surface area contributed by atoms with Crippen LogP contribution in [0.1, 0.15) is 0 Å². The molecule has 0 saturated carbocycles. The molecular weight excluding hydrogens is 472 g/mol. The van der Waals surface area contributed by atoms with Crippen molar-refractivity contribution >= 4 is 43.5 Å². The van der Waals surface area contributed by atoms with Gasteiger partial charge in [-0.05, 0) is 73.1 Å². The van der Waals surface area contributed by atoms with Crippen LogP contribution in [0, 0.1) is 0 Å². The van der Waals surface area contributed by atoms with E-state index in [1.807, 2.05) is 6.07 Å². The van der Waals surface area contributed by atoms with Gasteiger partial charge < -0.3 is 4.42 Å². The van der Waals surface area contributed by atoms with Crippen molar-refractivity contribution in [3.63, 3.8) is 0 Å². The lowest BCUT2D eigenvalue weighted by Crippen LogP contribution is -1.93. The summed E-state index contributed by atoms with van der Waals surface area (Å²) in [5, 5.41) is 7.30. The third-order valence-corrected chi connectivity index (χ3v) is 7.86. The summed E-state index contributed by atoms with van der Waals surface area (Å²) >= 11 is 0. The molecule has 0 saturated heterocycles. The number of fused-ring (bicyclic) bond motifs is 5. The van der Waals surface area contributed by atoms with Crippen LogP contribution in [0.25, 0.3) is 76.9 Å². The molecule has 0 aliphatic rings. The van der Waals surface area contributed by atoms with E-state index in [0.29, 0.717) is 0 Å². The maximum atomic E-state index is 6.36. The van der Waals surface area contributed by atoms with Crippen molar-refractivity contribution in [2.75, 3.05) is 0 Å². The fourth-order valence-electron chi connectivity index (χ4n) is 6.17. The summed E-state index contributed by atoms with van der Waals surface area (Å²) in [5.41, 5.74) is 9.16. The lowest BCUT2D eigenvalue weighted by Gasteiger charge is -2.20. The molecule has 8 rings (SSSR count). The summed E-state index contributed by atoms with van der Waals surface area (Å²) < 4.78 is 6.36. The highest BCUT2D eigenvalue weighted by molar-refractivity contribution is 6.23. The van der Waals surface area contributed by atoms with Crippen molar-refractivity contribution < 1.29 is 4.42 Å². The zero-order valence-corrected chi connectivity index (χ0v) is 21.3. The van der Waals surface area contributed by atoms with E-state index < -0.39 is 0 Å². The van der Waals surface area contributed by atoms with Gasteiger partial charge in [-0.3, -0.25) is 0 Å². The van der Waals surface area contributed by atoms with Crippen LogP contribution in [0.2, 0.25) is 0 Å². The average Bonchev–Trinajstić information content (AvgIpc) is 3.37. The Balaban J connectivity index is 1.58. The van der Waals surface area contributed by atoms with Gasteiger partial charge in [0.25, 0.3) is 0 Å². The van der Waals surface area contributed by atoms with Gasteiger partial charge in [0.2, 0.25) is 0 Å². The van der Waals surface area contributed by atoms with Gasteiger partial charge in [0.15, 0.2) is 0 Å². The van der Waals surface area contributed by atoms with Gasteiger partial charge in [0.05, 0.1) is 0 Å². The largest absolute Gasteiger partial charge is 0.456 e. The van der Waals surface area contributed by atoms with E-state index in [2.05, 4.69) is 140 Å². The fraction of sp³-hybridized carbons (Fsp3) is 0. The molecular formula is C38H24O. The molecule has 0 unspecified atom stereocenters. The molecule has 0 radical (unpaired) electrons. The first-order chi connectivity index (χ1) is 19.4. The molecule has 39 heavy (non-hydrogen) atoms. The van der Waals surface area contributed by atoms with Crippen molar-refractivity contribution in [3.8, 4) is 33.4 Å². The summed E-state index contributed by atoms with van der Waals surface area (Å²) in [6, 6.07) is 52.0. The molecule has 0 bridgehead atoms. The summed E-state index contributed by atoms with van der Waals surface area (Å²) in [5.74, 6) is 0. The quantitative estimate of drug-likeness (QED) is 0.222. The maximum absolute atomic E-state index is 6.36. The second-order valence-electron chi connectivity index (χ2n) is 10.1. The van der Waals surface area contributed by atoms with Crippen LogP contribution in [-0.2, 0) is 0 Å². The van der Waals surface area contributed by atoms with Crippen LogP contribution in [0.4, 0.5) is 0 Å². The second-order valence-corrected chi connectivity index (χ2v) is 10.1. The molecule has 0 aliphatic carbocycles. The Hall–Kier alpha value is -5.14. The Kier molecular flexibility index (Phi) is 4.89. The molecule has 1 nitrogen and oxygen atoms in total. The van der Waals surface area contributed by atoms with E-state index in [0.717, 1.165) is 21.9 Å². The monoisotopic (exact) mass is 496 g/mol. The van der Waals surface area contributed by atoms with E-state index in [-0.39, 0.29) is 0 Å². The van der Waals surface area contributed by atoms with Crippen LogP contribution in [-0.4, -0.2) is 0 Å². The van der Waals surface area contributed by atoms with Gasteiger partial charge in [0, 0.05) is 10.8 Å². The smallest absolute Gasteiger partial charge is 0.136 e. The molecule has 0 amide bonds. The standard InChI is InChI=1S/C38H24O/c1-3-13-25(14-4-1)32-24-36-33(27-17-11-12-22-35(27)39-36)23-34(32)38-30-20-9-7-18-28(30)37(26-15-5-2-6-16-26)29-19-8-10-21-31(29)38/h1-24H. The first-order valence-electron chi connectivity index (χ1n) is 13.4. The van der Waals surface area contributed by atoms with Crippen molar-refractivity contribution in [1.82, 2.24) is 0 Å². The summed E-state index contributed by atoms with van der Waals surface area (Å²) in [6.07, 6.45) is 0. The summed E-state index contributed by atoms with van der Waals surface area (Å²) in [4.78, 5) is 0. The van der Waals surface area contributed by atoms with Gasteiger partial charge >= 0.3 is 0 Å². The average molecular weight is 497 g/mol. The van der Waals surface area contributed by atoms with Crippen LogP contribution >= 0.6 is 0 Å². The molecule has 0 fully saturated rings. The summed E-state index contributed by atoms with van der Waals surface area (Å²) in [7, 11) is 0. The molecule has 1 heteroatoms. The minimum absolute atomic E-state index is 0.910. The number of hydrogen-bond donors (Lipinski definition) is 0. The predicted octanol–water partition coefficient (Wildman–Crippen LogP) is 10.9. The van der Waals surface area contributed by atoms with Crippen molar-refractivity contribution in [1.29, 1.82) is 0 Å². The van der Waals surface area contributed by atoms with E-state index in [4.69, 9.17) is 4.42 Å². The lowest BCUT2D eigenvalue weighted by molar-refractivity contribution is 0.669. The Morgan fingerprint density at radius 2 is 0.795 bits per heavy atom. The molecule has 0 N–H and O–H groups in total. The molecule has 1 aromatic heterocycles. The number of rotatable bonds is 3. The Labute approximate surface area is 226 Å². The zero-order chi connectivity index (χ0) is 25.8. The van der Waals surface area contributed by atoms with Crippen LogP contribution in [0.5, 0.6) is 0 Å². The molecule has 0 atom stereocenters. The van der Waals surface area contributed by atoms with Gasteiger partial charge in [-0.1, -0.05) is 127 Å². The first-order valence-corrected chi connectivity index (χ1v) is 13.4. The minimum atomic E-state index is 0.910. The third-order valence-electron chi connectivity index (χ3n) is 7.86. The Bertz CT molecular complexity index is 2090. The number of furan rings is 1. The van der Waals surface area contributed by atoms with Crippen molar-refractivity contribution in [3.05, 3.63) is 146 Å². The van der Waals surface area contributed by atoms with Crippen LogP contribution in [0.3, 0.4) is 0 Å². The first kappa shape index (κ1) is 21.9. The van der Waals surface area contributed by atoms with E-state index in [1.54, 1.807) is 0 Å². The van der Waals surface area contributed by atoms with E-state index in [1.165, 1.54) is 54.9 Å². The van der Waals surface area contributed by atoms with Gasteiger partial charge in [-0.25, -0.2) is 0 Å². The predicted molar refractivity (Wildman–Crippen MR) is 165 cm³/mol. The van der Waals surface area contributed by atoms with Crippen molar-refractivity contribution in [2.45, 2.75) is 0 Å². The molecule has 182 valence electrons. The van der Waals surface area contributed by atoms with Crippen LogP contribution < -0.4 is 0 Å². The van der Waals surface area contributed by atoms with Crippen LogP contribution in [0.15, 0.2) is 150 Å². The minimum Gasteiger partial charge on any atom is -0.456 e. The molecule has 8 aromatic rings. The normalized spacial score (nSPS) is 11.6. The SMILES string of the molecule is c1ccc(-c2cc3oc4ccccc4c3cc2-c2c3ccccc3c(-c3ccccc3)c3ccccc23)cc1. The van der Waals surface area contributed by atoms with Crippen molar-refractivity contribution in [2.24, 2.45) is 0 Å².